The Morgan fingerprint density at radius 3 is 2.79 bits per heavy atom. The Balaban J connectivity index is 2.42. The van der Waals surface area contributed by atoms with Gasteiger partial charge >= 0.3 is 6.09 Å². The summed E-state index contributed by atoms with van der Waals surface area (Å²) in [6.45, 7) is 5.91. The zero-order valence-corrected chi connectivity index (χ0v) is 8.78. The van der Waals surface area contributed by atoms with Crippen molar-refractivity contribution in [2.75, 3.05) is 19.7 Å². The molecule has 1 aliphatic rings. The number of carbonyl (C=O) groups excluding carboxylic acids is 1. The van der Waals surface area contributed by atoms with Crippen molar-refractivity contribution in [3.8, 4) is 0 Å². The number of hydrogen-bond acceptors (Lipinski definition) is 3. The van der Waals surface area contributed by atoms with Gasteiger partial charge in [0, 0.05) is 19.5 Å². The maximum Gasteiger partial charge on any atom is 0.414 e. The van der Waals surface area contributed by atoms with E-state index in [2.05, 4.69) is 0 Å². The molecule has 0 saturated carbocycles. The predicted octanol–water partition coefficient (Wildman–Crippen LogP) is 2.12. The van der Waals surface area contributed by atoms with Crippen LogP contribution in [0.5, 0.6) is 0 Å². The molecule has 14 heavy (non-hydrogen) atoms. The lowest BCUT2D eigenvalue weighted by molar-refractivity contribution is 0.114. The molecule has 0 radical (unpaired) electrons. The van der Waals surface area contributed by atoms with E-state index in [4.69, 9.17) is 9.47 Å². The van der Waals surface area contributed by atoms with E-state index in [-0.39, 0.29) is 6.09 Å². The van der Waals surface area contributed by atoms with Crippen LogP contribution >= 0.6 is 0 Å². The average Bonchev–Trinajstić information content (AvgIpc) is 2.21. The third kappa shape index (κ3) is 2.94. The summed E-state index contributed by atoms with van der Waals surface area (Å²) < 4.78 is 10.2. The third-order valence-electron chi connectivity index (χ3n) is 2.14. The molecule has 0 N–H and O–H groups in total. The summed E-state index contributed by atoms with van der Waals surface area (Å²) in [5.74, 6) is 0.633. The fraction of sp³-hybridized carbons (Fsp3) is 0.700. The number of allylic oxidation sites excluding steroid dienone is 1. The topological polar surface area (TPSA) is 38.8 Å². The first-order valence-electron chi connectivity index (χ1n) is 5.05. The highest BCUT2D eigenvalue weighted by atomic mass is 16.6. The second-order valence-corrected chi connectivity index (χ2v) is 3.10. The molecular formula is C10H17NO3. The van der Waals surface area contributed by atoms with Crippen LogP contribution in [0.3, 0.4) is 0 Å². The zero-order chi connectivity index (χ0) is 10.4. The fourth-order valence-electron chi connectivity index (χ4n) is 1.27. The van der Waals surface area contributed by atoms with E-state index in [0.29, 0.717) is 25.5 Å². The highest BCUT2D eigenvalue weighted by Crippen LogP contribution is 2.14. The Labute approximate surface area is 84.5 Å². The van der Waals surface area contributed by atoms with Gasteiger partial charge in [0.25, 0.3) is 0 Å². The van der Waals surface area contributed by atoms with Gasteiger partial charge in [-0.25, -0.2) is 4.79 Å². The van der Waals surface area contributed by atoms with Crippen LogP contribution in [0.2, 0.25) is 0 Å². The van der Waals surface area contributed by atoms with E-state index >= 15 is 0 Å². The van der Waals surface area contributed by atoms with E-state index < -0.39 is 0 Å². The van der Waals surface area contributed by atoms with Crippen LogP contribution in [0.25, 0.3) is 0 Å². The smallest absolute Gasteiger partial charge is 0.414 e. The molecule has 1 heterocycles. The van der Waals surface area contributed by atoms with Crippen molar-refractivity contribution >= 4 is 6.09 Å². The van der Waals surface area contributed by atoms with Crippen molar-refractivity contribution in [3.05, 3.63) is 12.0 Å². The Hall–Kier alpha value is -1.19. The van der Waals surface area contributed by atoms with Crippen molar-refractivity contribution in [2.45, 2.75) is 26.7 Å². The average molecular weight is 199 g/mol. The highest BCUT2D eigenvalue weighted by molar-refractivity contribution is 5.68. The monoisotopic (exact) mass is 199 g/mol. The molecule has 0 aromatic heterocycles. The Morgan fingerprint density at radius 2 is 2.29 bits per heavy atom. The van der Waals surface area contributed by atoms with Crippen LogP contribution in [-0.4, -0.2) is 30.7 Å². The van der Waals surface area contributed by atoms with Crippen molar-refractivity contribution in [2.24, 2.45) is 0 Å². The van der Waals surface area contributed by atoms with E-state index in [9.17, 15) is 4.79 Å². The fourth-order valence-corrected chi connectivity index (χ4v) is 1.27. The summed E-state index contributed by atoms with van der Waals surface area (Å²) in [6, 6.07) is 0. The molecule has 1 rings (SSSR count). The van der Waals surface area contributed by atoms with Crippen LogP contribution in [-0.2, 0) is 9.47 Å². The van der Waals surface area contributed by atoms with Gasteiger partial charge in [0.05, 0.1) is 6.61 Å². The van der Waals surface area contributed by atoms with E-state index in [1.165, 1.54) is 6.26 Å². The number of carbonyl (C=O) groups is 1. The Kier molecular flexibility index (Phi) is 4.29. The van der Waals surface area contributed by atoms with Gasteiger partial charge in [0.2, 0.25) is 0 Å². The van der Waals surface area contributed by atoms with Crippen LogP contribution in [0.1, 0.15) is 26.7 Å². The van der Waals surface area contributed by atoms with Crippen molar-refractivity contribution in [1.29, 1.82) is 0 Å². The predicted molar refractivity (Wildman–Crippen MR) is 52.7 cm³/mol. The van der Waals surface area contributed by atoms with Gasteiger partial charge in [0.1, 0.15) is 12.0 Å². The van der Waals surface area contributed by atoms with Crippen molar-refractivity contribution in [1.82, 2.24) is 4.90 Å². The standard InChI is InChI=1S/C10H17NO3/c1-3-11(4-2)10(12)14-9-6-5-7-13-8-9/h8H,3-7H2,1-2H3. The number of rotatable bonds is 3. The SMILES string of the molecule is CCN(CC)C(=O)OC1=COCCC1. The lowest BCUT2D eigenvalue weighted by Crippen LogP contribution is -2.31. The lowest BCUT2D eigenvalue weighted by atomic mass is 10.2. The van der Waals surface area contributed by atoms with Crippen LogP contribution in [0.15, 0.2) is 12.0 Å². The van der Waals surface area contributed by atoms with E-state index in [1.54, 1.807) is 4.90 Å². The van der Waals surface area contributed by atoms with Gasteiger partial charge in [0.15, 0.2) is 0 Å². The summed E-state index contributed by atoms with van der Waals surface area (Å²) in [5.41, 5.74) is 0. The first-order chi connectivity index (χ1) is 6.77. The molecule has 0 fully saturated rings. The molecule has 0 unspecified atom stereocenters. The Morgan fingerprint density at radius 1 is 1.57 bits per heavy atom. The minimum atomic E-state index is -0.285. The van der Waals surface area contributed by atoms with E-state index in [1.807, 2.05) is 13.8 Å². The van der Waals surface area contributed by atoms with Gasteiger partial charge in [-0.05, 0) is 20.3 Å². The van der Waals surface area contributed by atoms with Gasteiger partial charge < -0.3 is 14.4 Å². The van der Waals surface area contributed by atoms with Crippen LogP contribution < -0.4 is 0 Å². The number of hydrogen-bond donors (Lipinski definition) is 0. The van der Waals surface area contributed by atoms with Gasteiger partial charge in [-0.1, -0.05) is 0 Å². The normalized spacial score (nSPS) is 15.4. The number of ether oxygens (including phenoxy) is 2. The maximum atomic E-state index is 11.5. The second kappa shape index (κ2) is 5.52. The van der Waals surface area contributed by atoms with Gasteiger partial charge in [-0.15, -0.1) is 0 Å². The molecule has 0 spiro atoms. The molecule has 1 aliphatic heterocycles. The lowest BCUT2D eigenvalue weighted by Gasteiger charge is -2.20. The minimum Gasteiger partial charge on any atom is -0.498 e. The minimum absolute atomic E-state index is 0.285. The molecule has 0 aliphatic carbocycles. The zero-order valence-electron chi connectivity index (χ0n) is 8.78. The molecule has 4 heteroatoms. The molecular weight excluding hydrogens is 182 g/mol. The molecule has 80 valence electrons. The molecule has 0 atom stereocenters. The quantitative estimate of drug-likeness (QED) is 0.698. The molecule has 0 bridgehead atoms. The molecule has 4 nitrogen and oxygen atoms in total. The summed E-state index contributed by atoms with van der Waals surface area (Å²) >= 11 is 0. The highest BCUT2D eigenvalue weighted by Gasteiger charge is 2.15. The first-order valence-corrected chi connectivity index (χ1v) is 5.05. The summed E-state index contributed by atoms with van der Waals surface area (Å²) in [7, 11) is 0. The Bertz CT molecular complexity index is 221. The van der Waals surface area contributed by atoms with Crippen molar-refractivity contribution in [3.63, 3.8) is 0 Å². The first kappa shape index (κ1) is 10.9. The molecule has 0 aromatic rings. The van der Waals surface area contributed by atoms with Crippen molar-refractivity contribution < 1.29 is 14.3 Å². The van der Waals surface area contributed by atoms with Gasteiger partial charge in [-0.2, -0.15) is 0 Å². The number of nitrogens with zero attached hydrogens (tertiary/aromatic N) is 1. The largest absolute Gasteiger partial charge is 0.498 e. The van der Waals surface area contributed by atoms with E-state index in [0.717, 1.165) is 12.8 Å². The molecule has 0 aromatic carbocycles. The molecule has 1 amide bonds. The molecule has 0 saturated heterocycles. The van der Waals surface area contributed by atoms with Crippen LogP contribution in [0, 0.1) is 0 Å². The summed E-state index contributed by atoms with van der Waals surface area (Å²) in [5, 5.41) is 0. The summed E-state index contributed by atoms with van der Waals surface area (Å²) in [6.07, 6.45) is 2.95. The van der Waals surface area contributed by atoms with Crippen LogP contribution in [0.4, 0.5) is 4.79 Å². The summed E-state index contributed by atoms with van der Waals surface area (Å²) in [4.78, 5) is 13.1. The van der Waals surface area contributed by atoms with Gasteiger partial charge in [-0.3, -0.25) is 0 Å². The third-order valence-corrected chi connectivity index (χ3v) is 2.14. The number of amides is 1. The maximum absolute atomic E-state index is 11.5. The second-order valence-electron chi connectivity index (χ2n) is 3.10.